The minimum Gasteiger partial charge on any atom is -0.273 e. The van der Waals surface area contributed by atoms with Crippen molar-refractivity contribution in [1.82, 2.24) is 20.6 Å². The highest BCUT2D eigenvalue weighted by molar-refractivity contribution is 6.30. The van der Waals surface area contributed by atoms with Gasteiger partial charge >= 0.3 is 0 Å². The van der Waals surface area contributed by atoms with Gasteiger partial charge in [-0.25, -0.2) is 4.68 Å². The Kier molecular flexibility index (Phi) is 5.75. The molecule has 0 aliphatic rings. The second-order valence-electron chi connectivity index (χ2n) is 6.54. The molecule has 0 saturated heterocycles. The lowest BCUT2D eigenvalue weighted by Crippen LogP contribution is -2.43. The van der Waals surface area contributed by atoms with Crippen LogP contribution in [-0.2, 0) is 11.2 Å². The quantitative estimate of drug-likeness (QED) is 0.661. The van der Waals surface area contributed by atoms with Gasteiger partial charge in [0, 0.05) is 10.4 Å². The van der Waals surface area contributed by atoms with E-state index in [0.29, 0.717) is 15.8 Å². The van der Waals surface area contributed by atoms with Gasteiger partial charge < -0.3 is 0 Å². The molecule has 2 amide bonds. The van der Waals surface area contributed by atoms with Gasteiger partial charge in [0.1, 0.15) is 0 Å². The van der Waals surface area contributed by atoms with Crippen molar-refractivity contribution in [2.24, 2.45) is 0 Å². The molecule has 0 aliphatic carbocycles. The van der Waals surface area contributed by atoms with Gasteiger partial charge in [-0.15, -0.1) is 0 Å². The molecule has 1 aromatic heterocycles. The zero-order valence-electron chi connectivity index (χ0n) is 15.4. The molecule has 0 unspecified atom stereocenters. The van der Waals surface area contributed by atoms with Crippen LogP contribution in [0, 0.1) is 0 Å². The lowest BCUT2D eigenvalue weighted by Gasteiger charge is -2.13. The maximum atomic E-state index is 12.6. The second-order valence-corrected chi connectivity index (χ2v) is 6.98. The van der Waals surface area contributed by atoms with E-state index in [4.69, 9.17) is 11.6 Å². The molecule has 7 nitrogen and oxygen atoms in total. The Morgan fingerprint density at radius 2 is 1.68 bits per heavy atom. The van der Waals surface area contributed by atoms with Crippen LogP contribution in [0.5, 0.6) is 0 Å². The number of nitrogens with zero attached hydrogens (tertiary/aromatic N) is 2. The summed E-state index contributed by atoms with van der Waals surface area (Å²) < 4.78 is 1.26. The van der Waals surface area contributed by atoms with Gasteiger partial charge in [0.15, 0.2) is 5.69 Å². The number of aromatic nitrogens is 2. The molecule has 3 rings (SSSR count). The molecule has 3 aromatic rings. The summed E-state index contributed by atoms with van der Waals surface area (Å²) in [5.74, 6) is -0.993. The number of rotatable bonds is 4. The number of amides is 2. The van der Waals surface area contributed by atoms with E-state index >= 15 is 0 Å². The first kappa shape index (κ1) is 19.6. The second kappa shape index (κ2) is 8.22. The van der Waals surface area contributed by atoms with Crippen molar-refractivity contribution in [3.63, 3.8) is 0 Å². The third kappa shape index (κ3) is 4.20. The van der Waals surface area contributed by atoms with Gasteiger partial charge in [0.25, 0.3) is 11.5 Å². The zero-order valence-corrected chi connectivity index (χ0v) is 16.2. The van der Waals surface area contributed by atoms with E-state index in [1.165, 1.54) is 4.68 Å². The van der Waals surface area contributed by atoms with Gasteiger partial charge in [-0.2, -0.15) is 5.10 Å². The van der Waals surface area contributed by atoms with Crippen molar-refractivity contribution in [2.75, 3.05) is 0 Å². The molecule has 8 heteroatoms. The summed E-state index contributed by atoms with van der Waals surface area (Å²) in [5.41, 5.74) is 5.29. The van der Waals surface area contributed by atoms with Gasteiger partial charge in [0.05, 0.1) is 17.8 Å². The zero-order chi connectivity index (χ0) is 20.3. The Bertz CT molecular complexity index is 1090. The largest absolute Gasteiger partial charge is 0.290 e. The molecule has 144 valence electrons. The van der Waals surface area contributed by atoms with Crippen LogP contribution < -0.4 is 16.4 Å². The fourth-order valence-corrected chi connectivity index (χ4v) is 2.87. The normalized spacial score (nSPS) is 10.9. The third-order valence-electron chi connectivity index (χ3n) is 4.13. The molecule has 2 N–H and O–H groups in total. The number of hydrazine groups is 1. The summed E-state index contributed by atoms with van der Waals surface area (Å²) in [6.07, 6.45) is 0.0805. The van der Waals surface area contributed by atoms with Crippen LogP contribution in [-0.4, -0.2) is 21.6 Å². The first-order valence-corrected chi connectivity index (χ1v) is 9.10. The molecule has 1 heterocycles. The van der Waals surface area contributed by atoms with E-state index in [2.05, 4.69) is 16.0 Å². The Morgan fingerprint density at radius 3 is 2.32 bits per heavy atom. The minimum atomic E-state index is -0.602. The highest BCUT2D eigenvalue weighted by Crippen LogP contribution is 2.14. The maximum Gasteiger partial charge on any atom is 0.290 e. The summed E-state index contributed by atoms with van der Waals surface area (Å²) in [6, 6.07) is 13.4. The van der Waals surface area contributed by atoms with E-state index < -0.39 is 11.8 Å². The molecule has 28 heavy (non-hydrogen) atoms. The number of fused-ring (bicyclic) bond motifs is 1. The average Bonchev–Trinajstić information content (AvgIpc) is 2.68. The standard InChI is InChI=1S/C20H19ClN4O3/c1-12(2)25-20(28)16-6-4-3-5-15(16)18(24-25)19(27)23-22-17(26)11-13-7-9-14(21)10-8-13/h3-10,12H,11H2,1-2H3,(H,22,26)(H,23,27). The third-order valence-corrected chi connectivity index (χ3v) is 4.38. The molecule has 0 saturated carbocycles. The van der Waals surface area contributed by atoms with E-state index in [1.807, 2.05) is 0 Å². The SMILES string of the molecule is CC(C)n1nc(C(=O)NNC(=O)Cc2ccc(Cl)cc2)c2ccccc2c1=O. The van der Waals surface area contributed by atoms with Crippen LogP contribution in [0.2, 0.25) is 5.02 Å². The fraction of sp³-hybridized carbons (Fsp3) is 0.200. The summed E-state index contributed by atoms with van der Waals surface area (Å²) in [5, 5.41) is 5.59. The van der Waals surface area contributed by atoms with E-state index in [-0.39, 0.29) is 23.7 Å². The summed E-state index contributed by atoms with van der Waals surface area (Å²) in [7, 11) is 0. The number of hydrogen-bond donors (Lipinski definition) is 2. The number of nitrogens with one attached hydrogen (secondary N) is 2. The summed E-state index contributed by atoms with van der Waals surface area (Å²) in [4.78, 5) is 37.2. The summed E-state index contributed by atoms with van der Waals surface area (Å²) in [6.45, 7) is 3.61. The smallest absolute Gasteiger partial charge is 0.273 e. The lowest BCUT2D eigenvalue weighted by molar-refractivity contribution is -0.121. The minimum absolute atomic E-state index is 0.0655. The molecule has 0 aliphatic heterocycles. The van der Waals surface area contributed by atoms with Gasteiger partial charge in [-0.3, -0.25) is 25.2 Å². The first-order chi connectivity index (χ1) is 13.4. The Morgan fingerprint density at radius 1 is 1.04 bits per heavy atom. The van der Waals surface area contributed by atoms with Crippen LogP contribution >= 0.6 is 11.6 Å². The predicted molar refractivity (Wildman–Crippen MR) is 107 cm³/mol. The van der Waals surface area contributed by atoms with Crippen molar-refractivity contribution in [3.8, 4) is 0 Å². The molecule has 0 fully saturated rings. The van der Waals surface area contributed by atoms with E-state index in [1.54, 1.807) is 62.4 Å². The van der Waals surface area contributed by atoms with Gasteiger partial charge in [0.2, 0.25) is 5.91 Å². The van der Waals surface area contributed by atoms with Crippen LogP contribution in [0.1, 0.15) is 35.9 Å². The fourth-order valence-electron chi connectivity index (χ4n) is 2.74. The molecule has 0 bridgehead atoms. The van der Waals surface area contributed by atoms with Crippen molar-refractivity contribution in [3.05, 3.63) is 75.2 Å². The van der Waals surface area contributed by atoms with Crippen molar-refractivity contribution in [1.29, 1.82) is 0 Å². The molecule has 2 aromatic carbocycles. The number of carbonyl (C=O) groups is 2. The molecular weight excluding hydrogens is 380 g/mol. The number of hydrogen-bond acceptors (Lipinski definition) is 4. The topological polar surface area (TPSA) is 93.1 Å². The van der Waals surface area contributed by atoms with Crippen LogP contribution in [0.25, 0.3) is 10.8 Å². The van der Waals surface area contributed by atoms with Crippen molar-refractivity contribution >= 4 is 34.2 Å². The van der Waals surface area contributed by atoms with Crippen LogP contribution in [0.15, 0.2) is 53.3 Å². The number of halogens is 1. The number of benzene rings is 2. The monoisotopic (exact) mass is 398 g/mol. The lowest BCUT2D eigenvalue weighted by atomic mass is 10.1. The van der Waals surface area contributed by atoms with E-state index in [9.17, 15) is 14.4 Å². The molecule has 0 spiro atoms. The van der Waals surface area contributed by atoms with Crippen molar-refractivity contribution in [2.45, 2.75) is 26.3 Å². The van der Waals surface area contributed by atoms with Crippen LogP contribution in [0.4, 0.5) is 0 Å². The first-order valence-electron chi connectivity index (χ1n) is 8.72. The van der Waals surface area contributed by atoms with Crippen LogP contribution in [0.3, 0.4) is 0 Å². The predicted octanol–water partition coefficient (Wildman–Crippen LogP) is 2.63. The number of carbonyl (C=O) groups excluding carboxylic acids is 2. The van der Waals surface area contributed by atoms with E-state index in [0.717, 1.165) is 5.56 Å². The molecule has 0 atom stereocenters. The maximum absolute atomic E-state index is 12.6. The van der Waals surface area contributed by atoms with Crippen molar-refractivity contribution < 1.29 is 9.59 Å². The summed E-state index contributed by atoms with van der Waals surface area (Å²) >= 11 is 5.82. The highest BCUT2D eigenvalue weighted by Gasteiger charge is 2.18. The molecule has 0 radical (unpaired) electrons. The average molecular weight is 399 g/mol. The van der Waals surface area contributed by atoms with Gasteiger partial charge in [-0.1, -0.05) is 41.9 Å². The Hall–Kier alpha value is -3.19. The highest BCUT2D eigenvalue weighted by atomic mass is 35.5. The molecular formula is C20H19ClN4O3. The van der Waals surface area contributed by atoms with Gasteiger partial charge in [-0.05, 0) is 37.6 Å². The Balaban J connectivity index is 1.79. The Labute approximate surface area is 166 Å².